The highest BCUT2D eigenvalue weighted by Gasteiger charge is 2.23. The molecule has 0 N–H and O–H groups in total. The van der Waals surface area contributed by atoms with Crippen LogP contribution in [-0.2, 0) is 17.8 Å². The molecule has 1 atom stereocenters. The van der Waals surface area contributed by atoms with Crippen LogP contribution in [0, 0.1) is 0 Å². The Kier molecular flexibility index (Phi) is 5.13. The zero-order valence-corrected chi connectivity index (χ0v) is 13.1. The van der Waals surface area contributed by atoms with Crippen molar-refractivity contribution in [2.45, 2.75) is 31.8 Å². The van der Waals surface area contributed by atoms with E-state index in [9.17, 15) is 0 Å². The molecule has 22 heavy (non-hydrogen) atoms. The van der Waals surface area contributed by atoms with Crippen LogP contribution in [0.2, 0.25) is 0 Å². The SMILES string of the molecule is COCCn1ccnc1CN1CCC[C@H](c2ccncn2)C1. The van der Waals surface area contributed by atoms with Crippen LogP contribution in [0.25, 0.3) is 0 Å². The Morgan fingerprint density at radius 3 is 3.09 bits per heavy atom. The molecule has 1 saturated heterocycles. The van der Waals surface area contributed by atoms with Crippen LogP contribution in [0.1, 0.15) is 30.3 Å². The lowest BCUT2D eigenvalue weighted by molar-refractivity contribution is 0.176. The molecule has 0 bridgehead atoms. The summed E-state index contributed by atoms with van der Waals surface area (Å²) in [7, 11) is 1.73. The zero-order valence-electron chi connectivity index (χ0n) is 13.1. The molecular weight excluding hydrogens is 278 g/mol. The van der Waals surface area contributed by atoms with Crippen LogP contribution in [-0.4, -0.2) is 51.2 Å². The molecule has 118 valence electrons. The number of hydrogen-bond donors (Lipinski definition) is 0. The van der Waals surface area contributed by atoms with E-state index in [2.05, 4.69) is 24.4 Å². The third-order valence-corrected chi connectivity index (χ3v) is 4.23. The third-order valence-electron chi connectivity index (χ3n) is 4.23. The molecule has 1 aliphatic rings. The maximum Gasteiger partial charge on any atom is 0.122 e. The summed E-state index contributed by atoms with van der Waals surface area (Å²) < 4.78 is 7.34. The molecule has 2 aromatic rings. The van der Waals surface area contributed by atoms with Crippen molar-refractivity contribution in [3.8, 4) is 0 Å². The summed E-state index contributed by atoms with van der Waals surface area (Å²) in [6.07, 6.45) is 9.78. The number of piperidine rings is 1. The lowest BCUT2D eigenvalue weighted by atomic mass is 9.94. The molecule has 0 unspecified atom stereocenters. The fraction of sp³-hybridized carbons (Fsp3) is 0.562. The molecule has 1 fully saturated rings. The lowest BCUT2D eigenvalue weighted by Gasteiger charge is -2.32. The number of likely N-dealkylation sites (tertiary alicyclic amines) is 1. The lowest BCUT2D eigenvalue weighted by Crippen LogP contribution is -2.35. The summed E-state index contributed by atoms with van der Waals surface area (Å²) >= 11 is 0. The smallest absolute Gasteiger partial charge is 0.122 e. The van der Waals surface area contributed by atoms with Crippen LogP contribution >= 0.6 is 0 Å². The van der Waals surface area contributed by atoms with Crippen molar-refractivity contribution in [2.24, 2.45) is 0 Å². The fourth-order valence-corrected chi connectivity index (χ4v) is 3.07. The molecule has 1 aliphatic heterocycles. The van der Waals surface area contributed by atoms with E-state index in [4.69, 9.17) is 4.74 Å². The largest absolute Gasteiger partial charge is 0.383 e. The van der Waals surface area contributed by atoms with Gasteiger partial charge in [-0.1, -0.05) is 0 Å². The van der Waals surface area contributed by atoms with Gasteiger partial charge in [-0.3, -0.25) is 4.90 Å². The summed E-state index contributed by atoms with van der Waals surface area (Å²) in [5.41, 5.74) is 1.16. The number of nitrogens with zero attached hydrogens (tertiary/aromatic N) is 5. The van der Waals surface area contributed by atoms with Crippen molar-refractivity contribution in [3.05, 3.63) is 42.5 Å². The van der Waals surface area contributed by atoms with Gasteiger partial charge < -0.3 is 9.30 Å². The highest BCUT2D eigenvalue weighted by Crippen LogP contribution is 2.25. The molecular formula is C16H23N5O. The number of aromatic nitrogens is 4. The van der Waals surface area contributed by atoms with Crippen molar-refractivity contribution in [3.63, 3.8) is 0 Å². The molecule has 3 rings (SSSR count). The molecule has 0 saturated carbocycles. The van der Waals surface area contributed by atoms with E-state index < -0.39 is 0 Å². The molecule has 0 amide bonds. The fourth-order valence-electron chi connectivity index (χ4n) is 3.07. The summed E-state index contributed by atoms with van der Waals surface area (Å²) in [5, 5.41) is 0. The second-order valence-corrected chi connectivity index (χ2v) is 5.74. The average molecular weight is 301 g/mol. The first-order valence-corrected chi connectivity index (χ1v) is 7.84. The predicted octanol–water partition coefficient (Wildman–Crippen LogP) is 1.70. The number of ether oxygens (including phenoxy) is 1. The molecule has 0 aliphatic carbocycles. The molecule has 0 spiro atoms. The zero-order chi connectivity index (χ0) is 15.2. The summed E-state index contributed by atoms with van der Waals surface area (Å²) in [5.74, 6) is 1.61. The van der Waals surface area contributed by atoms with Crippen LogP contribution in [0.5, 0.6) is 0 Å². The number of hydrogen-bond acceptors (Lipinski definition) is 5. The van der Waals surface area contributed by atoms with E-state index in [1.165, 1.54) is 12.8 Å². The predicted molar refractivity (Wildman–Crippen MR) is 83.4 cm³/mol. The Morgan fingerprint density at radius 1 is 1.32 bits per heavy atom. The van der Waals surface area contributed by atoms with E-state index in [0.717, 1.165) is 37.7 Å². The Morgan fingerprint density at radius 2 is 2.27 bits per heavy atom. The normalized spacial score (nSPS) is 19.4. The Hall–Kier alpha value is -1.79. The molecule has 6 heteroatoms. The molecule has 6 nitrogen and oxygen atoms in total. The second kappa shape index (κ2) is 7.47. The Bertz CT molecular complexity index is 571. The molecule has 2 aromatic heterocycles. The molecule has 0 radical (unpaired) electrons. The standard InChI is InChI=1S/C16H23N5O/c1-22-10-9-21-8-6-18-16(21)12-20-7-2-3-14(11-20)15-4-5-17-13-19-15/h4-6,8,13-14H,2-3,7,9-12H2,1H3/t14-/m0/s1. The number of rotatable bonds is 6. The van der Waals surface area contributed by atoms with E-state index in [1.54, 1.807) is 13.4 Å². The molecule has 3 heterocycles. The van der Waals surface area contributed by atoms with E-state index in [0.29, 0.717) is 12.5 Å². The third kappa shape index (κ3) is 3.69. The van der Waals surface area contributed by atoms with Crippen molar-refractivity contribution >= 4 is 0 Å². The Labute approximate surface area is 131 Å². The summed E-state index contributed by atoms with van der Waals surface area (Å²) in [4.78, 5) is 15.4. The average Bonchev–Trinajstić information content (AvgIpc) is 3.01. The Balaban J connectivity index is 1.62. The van der Waals surface area contributed by atoms with E-state index in [-0.39, 0.29) is 0 Å². The van der Waals surface area contributed by atoms with Gasteiger partial charge in [0.15, 0.2) is 0 Å². The van der Waals surface area contributed by atoms with Gasteiger partial charge in [-0.15, -0.1) is 0 Å². The maximum atomic E-state index is 5.16. The van der Waals surface area contributed by atoms with Crippen molar-refractivity contribution in [1.82, 2.24) is 24.4 Å². The second-order valence-electron chi connectivity index (χ2n) is 5.74. The first-order chi connectivity index (χ1) is 10.9. The van der Waals surface area contributed by atoms with Gasteiger partial charge in [0.2, 0.25) is 0 Å². The minimum atomic E-state index is 0.499. The molecule has 0 aromatic carbocycles. The minimum Gasteiger partial charge on any atom is -0.383 e. The van der Waals surface area contributed by atoms with Gasteiger partial charge >= 0.3 is 0 Å². The van der Waals surface area contributed by atoms with Crippen LogP contribution in [0.4, 0.5) is 0 Å². The van der Waals surface area contributed by atoms with Gasteiger partial charge in [-0.25, -0.2) is 15.0 Å². The van der Waals surface area contributed by atoms with Gasteiger partial charge in [0.05, 0.1) is 13.2 Å². The monoisotopic (exact) mass is 301 g/mol. The van der Waals surface area contributed by atoms with Gasteiger partial charge in [0.1, 0.15) is 12.2 Å². The first-order valence-electron chi connectivity index (χ1n) is 7.84. The van der Waals surface area contributed by atoms with Crippen molar-refractivity contribution in [1.29, 1.82) is 0 Å². The van der Waals surface area contributed by atoms with Crippen molar-refractivity contribution in [2.75, 3.05) is 26.8 Å². The van der Waals surface area contributed by atoms with Gasteiger partial charge in [0.25, 0.3) is 0 Å². The minimum absolute atomic E-state index is 0.499. The highest BCUT2D eigenvalue weighted by atomic mass is 16.5. The highest BCUT2D eigenvalue weighted by molar-refractivity contribution is 5.08. The summed E-state index contributed by atoms with van der Waals surface area (Å²) in [6, 6.07) is 2.04. The van der Waals surface area contributed by atoms with Gasteiger partial charge in [-0.05, 0) is 25.5 Å². The summed E-state index contributed by atoms with van der Waals surface area (Å²) in [6.45, 7) is 4.62. The number of methoxy groups -OCH3 is 1. The number of imidazole rings is 1. The van der Waals surface area contributed by atoms with E-state index in [1.807, 2.05) is 24.7 Å². The van der Waals surface area contributed by atoms with Crippen LogP contribution in [0.15, 0.2) is 31.0 Å². The van der Waals surface area contributed by atoms with E-state index >= 15 is 0 Å². The maximum absolute atomic E-state index is 5.16. The first kappa shape index (κ1) is 15.1. The van der Waals surface area contributed by atoms with Crippen LogP contribution < -0.4 is 0 Å². The van der Waals surface area contributed by atoms with Gasteiger partial charge in [0, 0.05) is 50.4 Å². The topological polar surface area (TPSA) is 56.1 Å². The van der Waals surface area contributed by atoms with Gasteiger partial charge in [-0.2, -0.15) is 0 Å². The quantitative estimate of drug-likeness (QED) is 0.813. The van der Waals surface area contributed by atoms with Crippen molar-refractivity contribution < 1.29 is 4.74 Å². The van der Waals surface area contributed by atoms with Crippen LogP contribution in [0.3, 0.4) is 0 Å².